The molecular weight excluding hydrogens is 467 g/mol. The van der Waals surface area contributed by atoms with E-state index in [1.807, 2.05) is 50.5 Å². The van der Waals surface area contributed by atoms with Crippen molar-refractivity contribution in [2.75, 3.05) is 24.3 Å². The van der Waals surface area contributed by atoms with Gasteiger partial charge in [-0.1, -0.05) is 61.7 Å². The van der Waals surface area contributed by atoms with E-state index in [1.54, 1.807) is 35.2 Å². The molecule has 0 radical (unpaired) electrons. The summed E-state index contributed by atoms with van der Waals surface area (Å²) in [5.74, 6) is -1.28. The fourth-order valence-corrected chi connectivity index (χ4v) is 5.12. The second-order valence-corrected chi connectivity index (χ2v) is 10.0. The van der Waals surface area contributed by atoms with Crippen LogP contribution in [0.4, 0.5) is 15.8 Å². The zero-order valence-corrected chi connectivity index (χ0v) is 21.3. The van der Waals surface area contributed by atoms with Crippen molar-refractivity contribution in [1.29, 1.82) is 0 Å². The Labute approximate surface area is 217 Å². The minimum atomic E-state index is -1.02. The molecule has 1 aliphatic carbocycles. The van der Waals surface area contributed by atoms with Gasteiger partial charge >= 0.3 is 5.97 Å². The molecule has 3 aromatic rings. The van der Waals surface area contributed by atoms with Crippen LogP contribution in [0.2, 0.25) is 0 Å². The Bertz CT molecular complexity index is 1290. The Kier molecular flexibility index (Phi) is 8.07. The lowest BCUT2D eigenvalue weighted by Crippen LogP contribution is -2.40. The average Bonchev–Trinajstić information content (AvgIpc) is 2.88. The average molecular weight is 501 g/mol. The summed E-state index contributed by atoms with van der Waals surface area (Å²) in [6.45, 7) is 0. The summed E-state index contributed by atoms with van der Waals surface area (Å²) in [5.41, 5.74) is 4.23. The van der Waals surface area contributed by atoms with Crippen molar-refractivity contribution >= 4 is 29.3 Å². The van der Waals surface area contributed by atoms with Crippen molar-refractivity contribution < 1.29 is 19.1 Å². The monoisotopic (exact) mass is 500 g/mol. The molecule has 0 aliphatic heterocycles. The number of hydrogen-bond acceptors (Lipinski definition) is 3. The van der Waals surface area contributed by atoms with Crippen LogP contribution in [0.1, 0.15) is 43.2 Å². The van der Waals surface area contributed by atoms with Gasteiger partial charge in [-0.3, -0.25) is 4.79 Å². The number of carboxylic acid groups (broad SMARTS) is 1. The number of carbonyl (C=O) groups is 2. The van der Waals surface area contributed by atoms with E-state index in [-0.39, 0.29) is 11.7 Å². The van der Waals surface area contributed by atoms with Crippen LogP contribution in [0.15, 0.2) is 72.8 Å². The van der Waals surface area contributed by atoms with Crippen LogP contribution >= 0.6 is 0 Å². The van der Waals surface area contributed by atoms with Crippen LogP contribution in [0.25, 0.3) is 17.2 Å². The molecule has 37 heavy (non-hydrogen) atoms. The van der Waals surface area contributed by atoms with E-state index < -0.39 is 11.4 Å². The second kappa shape index (κ2) is 11.4. The first-order chi connectivity index (χ1) is 17.8. The fraction of sp³-hybridized carbons (Fsp3) is 0.290. The van der Waals surface area contributed by atoms with E-state index in [4.69, 9.17) is 5.11 Å². The summed E-state index contributed by atoms with van der Waals surface area (Å²) in [6, 6.07) is 20.5. The number of nitrogens with one attached hydrogen (secondary N) is 1. The lowest BCUT2D eigenvalue weighted by molar-refractivity contribution is -0.131. The third kappa shape index (κ3) is 6.45. The molecule has 1 saturated carbocycles. The summed E-state index contributed by atoms with van der Waals surface area (Å²) in [6.07, 6.45) is 7.99. The smallest absolute Gasteiger partial charge is 0.328 e. The van der Waals surface area contributed by atoms with Gasteiger partial charge in [0, 0.05) is 25.9 Å². The second-order valence-electron chi connectivity index (χ2n) is 10.0. The van der Waals surface area contributed by atoms with Crippen molar-refractivity contribution in [1.82, 2.24) is 0 Å². The third-order valence-corrected chi connectivity index (χ3v) is 7.11. The molecule has 5 nitrogen and oxygen atoms in total. The molecule has 0 bridgehead atoms. The fourth-order valence-electron chi connectivity index (χ4n) is 5.12. The lowest BCUT2D eigenvalue weighted by Gasteiger charge is -2.36. The number of carbonyl (C=O) groups excluding carboxylic acids is 1. The molecule has 4 rings (SSSR count). The van der Waals surface area contributed by atoms with E-state index in [2.05, 4.69) is 5.32 Å². The van der Waals surface area contributed by atoms with Gasteiger partial charge in [0.25, 0.3) is 0 Å². The van der Waals surface area contributed by atoms with E-state index in [0.717, 1.165) is 54.9 Å². The van der Waals surface area contributed by atoms with Crippen molar-refractivity contribution in [2.24, 2.45) is 5.41 Å². The number of halogens is 1. The molecule has 0 atom stereocenters. The molecule has 1 fully saturated rings. The maximum absolute atomic E-state index is 14.5. The number of benzene rings is 3. The quantitative estimate of drug-likeness (QED) is 0.334. The summed E-state index contributed by atoms with van der Waals surface area (Å²) in [4.78, 5) is 26.2. The minimum absolute atomic E-state index is 0.00279. The van der Waals surface area contributed by atoms with Crippen LogP contribution in [-0.2, 0) is 16.0 Å². The van der Waals surface area contributed by atoms with Crippen LogP contribution in [-0.4, -0.2) is 31.1 Å². The molecule has 6 heteroatoms. The van der Waals surface area contributed by atoms with Gasteiger partial charge in [-0.15, -0.1) is 0 Å². The maximum atomic E-state index is 14.5. The number of hydrogen-bond donors (Lipinski definition) is 2. The molecule has 0 saturated heterocycles. The summed E-state index contributed by atoms with van der Waals surface area (Å²) in [7, 11) is 3.63. The van der Waals surface area contributed by atoms with Gasteiger partial charge in [-0.25, -0.2) is 9.18 Å². The summed E-state index contributed by atoms with van der Waals surface area (Å²) >= 11 is 0. The highest BCUT2D eigenvalue weighted by molar-refractivity contribution is 5.96. The van der Waals surface area contributed by atoms with Crippen molar-refractivity contribution in [3.8, 4) is 11.1 Å². The first-order valence-corrected chi connectivity index (χ1v) is 12.6. The number of aliphatic carboxylic acids is 1. The Morgan fingerprint density at radius 3 is 2.32 bits per heavy atom. The molecule has 192 valence electrons. The predicted molar refractivity (Wildman–Crippen MR) is 147 cm³/mol. The van der Waals surface area contributed by atoms with E-state index >= 15 is 0 Å². The highest BCUT2D eigenvalue weighted by Crippen LogP contribution is 2.41. The van der Waals surface area contributed by atoms with Crippen LogP contribution in [0.5, 0.6) is 0 Å². The molecule has 0 aromatic heterocycles. The number of amides is 1. The Hall–Kier alpha value is -3.93. The number of nitrogens with zero attached hydrogens (tertiary/aromatic N) is 1. The first kappa shape index (κ1) is 26.1. The SMILES string of the molecule is CN(C)c1ccc(-c2ccc(CC3(C(=O)Nc4cccc(/C=C/C(=O)O)c4)CCCCC3)cc2)cc1F. The minimum Gasteiger partial charge on any atom is -0.478 e. The standard InChI is InChI=1S/C31H33FN2O3/c1-34(2)28-15-14-25(20-27(28)32)24-12-9-23(10-13-24)21-31(17-4-3-5-18-31)30(37)33-26-8-6-7-22(19-26)11-16-29(35)36/h6-16,19-20H,3-5,17-18,21H2,1-2H3,(H,33,37)(H,35,36)/b16-11+. The van der Waals surface area contributed by atoms with Gasteiger partial charge in [-0.05, 0) is 71.9 Å². The third-order valence-electron chi connectivity index (χ3n) is 7.11. The van der Waals surface area contributed by atoms with Gasteiger partial charge in [0.05, 0.1) is 11.1 Å². The summed E-state index contributed by atoms with van der Waals surface area (Å²) in [5, 5.41) is 12.0. The van der Waals surface area contributed by atoms with Crippen LogP contribution in [0.3, 0.4) is 0 Å². The largest absolute Gasteiger partial charge is 0.478 e. The van der Waals surface area contributed by atoms with Gasteiger partial charge in [0.15, 0.2) is 0 Å². The Morgan fingerprint density at radius 1 is 0.973 bits per heavy atom. The molecule has 1 aliphatic rings. The highest BCUT2D eigenvalue weighted by Gasteiger charge is 2.39. The molecule has 1 amide bonds. The zero-order valence-electron chi connectivity index (χ0n) is 21.3. The van der Waals surface area contributed by atoms with Gasteiger partial charge in [-0.2, -0.15) is 0 Å². The Morgan fingerprint density at radius 2 is 1.68 bits per heavy atom. The molecular formula is C31H33FN2O3. The number of carboxylic acids is 1. The summed E-state index contributed by atoms with van der Waals surface area (Å²) < 4.78 is 14.5. The normalized spacial score (nSPS) is 14.9. The molecule has 3 aromatic carbocycles. The van der Waals surface area contributed by atoms with Crippen LogP contribution < -0.4 is 10.2 Å². The van der Waals surface area contributed by atoms with E-state index in [9.17, 15) is 14.0 Å². The van der Waals surface area contributed by atoms with E-state index in [0.29, 0.717) is 23.4 Å². The van der Waals surface area contributed by atoms with Crippen LogP contribution in [0, 0.1) is 11.2 Å². The maximum Gasteiger partial charge on any atom is 0.328 e. The first-order valence-electron chi connectivity index (χ1n) is 12.6. The highest BCUT2D eigenvalue weighted by atomic mass is 19.1. The Balaban J connectivity index is 1.52. The van der Waals surface area contributed by atoms with Gasteiger partial charge < -0.3 is 15.3 Å². The molecule has 2 N–H and O–H groups in total. The molecule has 0 unspecified atom stereocenters. The zero-order chi connectivity index (χ0) is 26.4. The van der Waals surface area contributed by atoms with Crippen molar-refractivity contribution in [2.45, 2.75) is 38.5 Å². The van der Waals surface area contributed by atoms with Gasteiger partial charge in [0.2, 0.25) is 5.91 Å². The number of anilines is 2. The number of rotatable bonds is 8. The van der Waals surface area contributed by atoms with Gasteiger partial charge in [0.1, 0.15) is 5.82 Å². The predicted octanol–water partition coefficient (Wildman–Crippen LogP) is 6.79. The molecule has 0 spiro atoms. The van der Waals surface area contributed by atoms with E-state index in [1.165, 1.54) is 6.08 Å². The lowest BCUT2D eigenvalue weighted by atomic mass is 9.69. The van der Waals surface area contributed by atoms with Crippen molar-refractivity contribution in [3.05, 3.63) is 89.8 Å². The van der Waals surface area contributed by atoms with Crippen molar-refractivity contribution in [3.63, 3.8) is 0 Å². The molecule has 0 heterocycles. The topological polar surface area (TPSA) is 69.6 Å².